The molecule has 0 spiro atoms. The summed E-state index contributed by atoms with van der Waals surface area (Å²) in [5.74, 6) is 0.963. The normalized spacial score (nSPS) is 11.4. The van der Waals surface area contributed by atoms with Crippen molar-refractivity contribution in [3.63, 3.8) is 0 Å². The van der Waals surface area contributed by atoms with Gasteiger partial charge in [0, 0.05) is 6.07 Å². The molecule has 0 aliphatic heterocycles. The fourth-order valence-corrected chi connectivity index (χ4v) is 2.75. The minimum atomic E-state index is -4.69. The van der Waals surface area contributed by atoms with E-state index in [1.54, 1.807) is 18.2 Å². The maximum absolute atomic E-state index is 12.8. The number of hydrogen-bond acceptors (Lipinski definition) is 6. The third kappa shape index (κ3) is 5.75. The van der Waals surface area contributed by atoms with E-state index in [1.165, 1.54) is 13.3 Å². The monoisotopic (exact) mass is 445 g/mol. The highest BCUT2D eigenvalue weighted by Crippen LogP contribution is 2.35. The van der Waals surface area contributed by atoms with Gasteiger partial charge in [-0.15, -0.1) is 0 Å². The van der Waals surface area contributed by atoms with E-state index >= 15 is 0 Å². The molecule has 3 rings (SSSR count). The van der Waals surface area contributed by atoms with Gasteiger partial charge in [0.15, 0.2) is 11.5 Å². The Bertz CT molecular complexity index is 1120. The summed E-state index contributed by atoms with van der Waals surface area (Å²) in [5, 5.41) is 15.1. The SMILES string of the molecule is COc1ccc(C=NNc2ccc(C(F)(F)F)cc2[N+](=O)[O-])cc1OCc1ccccc1. The lowest BCUT2D eigenvalue weighted by atomic mass is 10.1. The quantitative estimate of drug-likeness (QED) is 0.275. The number of anilines is 1. The molecule has 0 aromatic heterocycles. The molecule has 166 valence electrons. The molecule has 0 atom stereocenters. The molecule has 0 bridgehead atoms. The molecule has 0 aliphatic rings. The molecular weight excluding hydrogens is 427 g/mol. The smallest absolute Gasteiger partial charge is 0.416 e. The van der Waals surface area contributed by atoms with Crippen LogP contribution in [0.15, 0.2) is 71.8 Å². The van der Waals surface area contributed by atoms with Gasteiger partial charge < -0.3 is 9.47 Å². The van der Waals surface area contributed by atoms with Crippen molar-refractivity contribution in [3.05, 3.63) is 93.5 Å². The van der Waals surface area contributed by atoms with E-state index in [1.807, 2.05) is 30.3 Å². The van der Waals surface area contributed by atoms with Crippen LogP contribution in [0.5, 0.6) is 11.5 Å². The van der Waals surface area contributed by atoms with Crippen molar-refractivity contribution in [1.29, 1.82) is 0 Å². The minimum Gasteiger partial charge on any atom is -0.493 e. The van der Waals surface area contributed by atoms with Crippen LogP contribution in [-0.4, -0.2) is 18.2 Å². The Morgan fingerprint density at radius 1 is 1.06 bits per heavy atom. The van der Waals surface area contributed by atoms with Crippen molar-refractivity contribution < 1.29 is 27.6 Å². The number of nitro groups is 1. The molecule has 1 N–H and O–H groups in total. The van der Waals surface area contributed by atoms with Gasteiger partial charge in [-0.25, -0.2) is 0 Å². The van der Waals surface area contributed by atoms with Crippen LogP contribution < -0.4 is 14.9 Å². The van der Waals surface area contributed by atoms with Gasteiger partial charge in [-0.2, -0.15) is 18.3 Å². The Kier molecular flexibility index (Phi) is 6.93. The number of alkyl halides is 3. The summed E-state index contributed by atoms with van der Waals surface area (Å²) >= 11 is 0. The highest BCUT2D eigenvalue weighted by Gasteiger charge is 2.33. The lowest BCUT2D eigenvalue weighted by Gasteiger charge is -2.11. The Labute approximate surface area is 181 Å². The zero-order chi connectivity index (χ0) is 23.1. The van der Waals surface area contributed by atoms with Gasteiger partial charge in [0.25, 0.3) is 5.69 Å². The molecule has 3 aromatic carbocycles. The highest BCUT2D eigenvalue weighted by molar-refractivity contribution is 5.82. The molecule has 0 amide bonds. The first-order valence-corrected chi connectivity index (χ1v) is 9.27. The van der Waals surface area contributed by atoms with Gasteiger partial charge in [-0.05, 0) is 41.5 Å². The van der Waals surface area contributed by atoms with Crippen LogP contribution in [0.4, 0.5) is 24.5 Å². The zero-order valence-electron chi connectivity index (χ0n) is 16.8. The third-order valence-corrected chi connectivity index (χ3v) is 4.35. The van der Waals surface area contributed by atoms with Gasteiger partial charge >= 0.3 is 6.18 Å². The largest absolute Gasteiger partial charge is 0.493 e. The van der Waals surface area contributed by atoms with Crippen LogP contribution in [0.3, 0.4) is 0 Å². The van der Waals surface area contributed by atoms with Gasteiger partial charge in [-0.1, -0.05) is 30.3 Å². The Balaban J connectivity index is 1.76. The molecule has 10 heteroatoms. The molecule has 0 fully saturated rings. The van der Waals surface area contributed by atoms with Crippen LogP contribution in [0.2, 0.25) is 0 Å². The molecular formula is C22H18F3N3O4. The number of nitrogens with zero attached hydrogens (tertiary/aromatic N) is 2. The van der Waals surface area contributed by atoms with Crippen LogP contribution in [0, 0.1) is 10.1 Å². The first-order valence-electron chi connectivity index (χ1n) is 9.27. The number of rotatable bonds is 8. The van der Waals surface area contributed by atoms with Crippen LogP contribution in [-0.2, 0) is 12.8 Å². The maximum atomic E-state index is 12.8. The Morgan fingerprint density at radius 2 is 1.81 bits per heavy atom. The van der Waals surface area contributed by atoms with E-state index in [2.05, 4.69) is 10.5 Å². The number of nitrogens with one attached hydrogen (secondary N) is 1. The maximum Gasteiger partial charge on any atom is 0.416 e. The molecule has 0 unspecified atom stereocenters. The average molecular weight is 445 g/mol. The van der Waals surface area contributed by atoms with E-state index in [0.29, 0.717) is 29.7 Å². The van der Waals surface area contributed by atoms with E-state index in [0.717, 1.165) is 17.7 Å². The summed E-state index contributed by atoms with van der Waals surface area (Å²) < 4.78 is 49.5. The van der Waals surface area contributed by atoms with Crippen molar-refractivity contribution in [2.75, 3.05) is 12.5 Å². The lowest BCUT2D eigenvalue weighted by molar-refractivity contribution is -0.384. The predicted octanol–water partition coefficient (Wildman–Crippen LogP) is 5.65. The number of halogens is 3. The van der Waals surface area contributed by atoms with Gasteiger partial charge in [-0.3, -0.25) is 15.5 Å². The first kappa shape index (κ1) is 22.6. The molecule has 0 saturated heterocycles. The first-order chi connectivity index (χ1) is 15.3. The van der Waals surface area contributed by atoms with E-state index in [4.69, 9.17) is 9.47 Å². The standard InChI is InChI=1S/C22H18F3N3O4/c1-31-20-10-7-16(11-21(20)32-14-15-5-3-2-4-6-15)13-26-27-18-9-8-17(22(23,24)25)12-19(18)28(29)30/h2-13,27H,14H2,1H3. The van der Waals surface area contributed by atoms with Gasteiger partial charge in [0.1, 0.15) is 12.3 Å². The highest BCUT2D eigenvalue weighted by atomic mass is 19.4. The summed E-state index contributed by atoms with van der Waals surface area (Å²) in [6, 6.07) is 16.7. The molecule has 0 aliphatic carbocycles. The number of methoxy groups -OCH3 is 1. The number of ether oxygens (including phenoxy) is 2. The zero-order valence-corrected chi connectivity index (χ0v) is 16.8. The number of hydrazone groups is 1. The Morgan fingerprint density at radius 3 is 2.47 bits per heavy atom. The van der Waals surface area contributed by atoms with Crippen LogP contribution >= 0.6 is 0 Å². The molecule has 3 aromatic rings. The fraction of sp³-hybridized carbons (Fsp3) is 0.136. The third-order valence-electron chi connectivity index (χ3n) is 4.35. The Hall–Kier alpha value is -4.08. The number of benzene rings is 3. The fourth-order valence-electron chi connectivity index (χ4n) is 2.75. The molecule has 0 saturated carbocycles. The van der Waals surface area contributed by atoms with E-state index in [9.17, 15) is 23.3 Å². The van der Waals surface area contributed by atoms with Crippen molar-refractivity contribution in [3.8, 4) is 11.5 Å². The number of hydrogen-bond donors (Lipinski definition) is 1. The topological polar surface area (TPSA) is 86.0 Å². The lowest BCUT2D eigenvalue weighted by Crippen LogP contribution is -2.06. The summed E-state index contributed by atoms with van der Waals surface area (Å²) in [6.45, 7) is 0.313. The average Bonchev–Trinajstić information content (AvgIpc) is 2.78. The molecule has 32 heavy (non-hydrogen) atoms. The number of nitro benzene ring substituents is 1. The van der Waals surface area contributed by atoms with E-state index < -0.39 is 22.4 Å². The van der Waals surface area contributed by atoms with Gasteiger partial charge in [0.2, 0.25) is 0 Å². The summed E-state index contributed by atoms with van der Waals surface area (Å²) in [7, 11) is 1.50. The van der Waals surface area contributed by atoms with E-state index in [-0.39, 0.29) is 5.69 Å². The molecule has 0 heterocycles. The minimum absolute atomic E-state index is 0.173. The second-order valence-corrected chi connectivity index (χ2v) is 6.54. The summed E-state index contributed by atoms with van der Waals surface area (Å²) in [5.41, 5.74) is 1.93. The second kappa shape index (κ2) is 9.82. The summed E-state index contributed by atoms with van der Waals surface area (Å²) in [4.78, 5) is 10.2. The second-order valence-electron chi connectivity index (χ2n) is 6.54. The van der Waals surface area contributed by atoms with Crippen molar-refractivity contribution in [2.45, 2.75) is 12.8 Å². The molecule has 0 radical (unpaired) electrons. The van der Waals surface area contributed by atoms with Crippen molar-refractivity contribution in [2.24, 2.45) is 5.10 Å². The van der Waals surface area contributed by atoms with Gasteiger partial charge in [0.05, 0.1) is 23.8 Å². The predicted molar refractivity (Wildman–Crippen MR) is 113 cm³/mol. The molecule has 7 nitrogen and oxygen atoms in total. The van der Waals surface area contributed by atoms with Crippen LogP contribution in [0.1, 0.15) is 16.7 Å². The summed E-state index contributed by atoms with van der Waals surface area (Å²) in [6.07, 6.45) is -3.33. The van der Waals surface area contributed by atoms with Crippen molar-refractivity contribution in [1.82, 2.24) is 0 Å². The van der Waals surface area contributed by atoms with Crippen molar-refractivity contribution >= 4 is 17.6 Å². The van der Waals surface area contributed by atoms with Crippen LogP contribution in [0.25, 0.3) is 0 Å².